The molecule has 0 saturated carbocycles. The Balaban J connectivity index is 0.000000279. The number of H-pyrrole nitrogens is 1. The van der Waals surface area contributed by atoms with Crippen molar-refractivity contribution in [2.45, 2.75) is 32.0 Å². The summed E-state index contributed by atoms with van der Waals surface area (Å²) in [4.78, 5) is 43.6. The summed E-state index contributed by atoms with van der Waals surface area (Å²) in [5.41, 5.74) is 2.59. The number of pyridine rings is 1. The van der Waals surface area contributed by atoms with Gasteiger partial charge < -0.3 is 30.0 Å². The SMILES string of the molecule is CNCC(=O)N1CCCC1C(=O)NCc1cc2cnccc2[nH]1.COC(F)F.COc1ccc(C=O)cc1. The number of alkyl halides is 2. The predicted molar refractivity (Wildman–Crippen MR) is 138 cm³/mol. The van der Waals surface area contributed by atoms with Crippen molar-refractivity contribution in [1.82, 2.24) is 25.5 Å². The number of aromatic nitrogens is 2. The van der Waals surface area contributed by atoms with E-state index in [1.807, 2.05) is 12.1 Å². The van der Waals surface area contributed by atoms with Crippen LogP contribution in [0.4, 0.5) is 8.78 Å². The average Bonchev–Trinajstić information content (AvgIpc) is 3.60. The molecule has 1 unspecified atom stereocenters. The number of carbonyl (C=O) groups excluding carboxylic acids is 3. The van der Waals surface area contributed by atoms with Crippen LogP contribution in [-0.4, -0.2) is 80.0 Å². The number of nitrogens with one attached hydrogen (secondary N) is 3. The third-order valence-corrected chi connectivity index (χ3v) is 5.56. The van der Waals surface area contributed by atoms with Gasteiger partial charge in [0.2, 0.25) is 11.8 Å². The Hall–Kier alpha value is -3.90. The molecule has 1 saturated heterocycles. The third-order valence-electron chi connectivity index (χ3n) is 5.56. The molecule has 1 fully saturated rings. The standard InChI is InChI=1S/C16H21N5O2.C8H8O2.C2H4F2O/c1-17-10-15(22)21-6-2-3-14(21)16(23)19-9-12-7-11-8-18-5-4-13(11)20-12;1-10-8-4-2-7(6-9)3-5-8;1-5-2(3)4/h4-5,7-8,14,17,20H,2-3,6,9-10H2,1H3,(H,19,23);2-6H,1H3;2H,1H3. The van der Waals surface area contributed by atoms with E-state index in [-0.39, 0.29) is 24.4 Å². The van der Waals surface area contributed by atoms with Gasteiger partial charge in [-0.2, -0.15) is 8.78 Å². The van der Waals surface area contributed by atoms with E-state index in [1.54, 1.807) is 55.7 Å². The lowest BCUT2D eigenvalue weighted by Gasteiger charge is -2.23. The fraction of sp³-hybridized carbons (Fsp3) is 0.385. The fourth-order valence-electron chi connectivity index (χ4n) is 3.70. The maximum Gasteiger partial charge on any atom is 0.345 e. The summed E-state index contributed by atoms with van der Waals surface area (Å²) in [6, 6.07) is 10.4. The zero-order valence-electron chi connectivity index (χ0n) is 21.6. The molecule has 1 aliphatic heterocycles. The molecule has 10 nitrogen and oxygen atoms in total. The monoisotopic (exact) mass is 533 g/mol. The molecule has 3 aromatic rings. The Morgan fingerprint density at radius 1 is 1.24 bits per heavy atom. The van der Waals surface area contributed by atoms with Gasteiger partial charge in [-0.3, -0.25) is 19.4 Å². The molecular formula is C26H33F2N5O5. The molecule has 3 N–H and O–H groups in total. The van der Waals surface area contributed by atoms with Crippen LogP contribution in [0.2, 0.25) is 0 Å². The molecule has 4 rings (SSSR count). The molecule has 2 aromatic heterocycles. The Kier molecular flexibility index (Phi) is 12.8. The maximum atomic E-state index is 12.4. The number of benzene rings is 1. The first kappa shape index (κ1) is 30.3. The topological polar surface area (TPSA) is 126 Å². The summed E-state index contributed by atoms with van der Waals surface area (Å²) in [7, 11) is 4.27. The van der Waals surface area contributed by atoms with Crippen molar-refractivity contribution in [2.24, 2.45) is 0 Å². The summed E-state index contributed by atoms with van der Waals surface area (Å²) in [6.45, 7) is -1.29. The Labute approximate surface area is 219 Å². The van der Waals surface area contributed by atoms with Crippen LogP contribution in [0.3, 0.4) is 0 Å². The van der Waals surface area contributed by atoms with Crippen LogP contribution in [0.1, 0.15) is 28.9 Å². The lowest BCUT2D eigenvalue weighted by Crippen LogP contribution is -2.48. The number of aromatic amines is 1. The van der Waals surface area contributed by atoms with Crippen molar-refractivity contribution in [3.8, 4) is 5.75 Å². The molecule has 12 heteroatoms. The first-order valence-corrected chi connectivity index (χ1v) is 11.9. The Morgan fingerprint density at radius 3 is 2.53 bits per heavy atom. The molecule has 2 amide bonds. The number of fused-ring (bicyclic) bond motifs is 1. The van der Waals surface area contributed by atoms with E-state index in [0.717, 1.165) is 48.6 Å². The van der Waals surface area contributed by atoms with Crippen molar-refractivity contribution in [2.75, 3.05) is 34.4 Å². The van der Waals surface area contributed by atoms with E-state index in [9.17, 15) is 23.2 Å². The number of likely N-dealkylation sites (tertiary alicyclic amines) is 1. The summed E-state index contributed by atoms with van der Waals surface area (Å²) >= 11 is 0. The van der Waals surface area contributed by atoms with E-state index in [1.165, 1.54) is 0 Å². The normalized spacial score (nSPS) is 14.3. The van der Waals surface area contributed by atoms with Crippen LogP contribution in [0.15, 0.2) is 48.8 Å². The van der Waals surface area contributed by atoms with Gasteiger partial charge in [0.05, 0.1) is 20.2 Å². The molecule has 0 radical (unpaired) electrons. The molecule has 206 valence electrons. The second-order valence-corrected chi connectivity index (χ2v) is 8.14. The van der Waals surface area contributed by atoms with Gasteiger partial charge in [0.1, 0.15) is 18.1 Å². The number of nitrogens with zero attached hydrogens (tertiary/aromatic N) is 2. The van der Waals surface area contributed by atoms with E-state index in [0.29, 0.717) is 18.7 Å². The molecule has 3 heterocycles. The van der Waals surface area contributed by atoms with Gasteiger partial charge in [0.25, 0.3) is 0 Å². The van der Waals surface area contributed by atoms with Crippen LogP contribution in [-0.2, 0) is 20.9 Å². The summed E-state index contributed by atoms with van der Waals surface area (Å²) in [5, 5.41) is 6.78. The highest BCUT2D eigenvalue weighted by Gasteiger charge is 2.33. The van der Waals surface area contributed by atoms with Crippen molar-refractivity contribution >= 4 is 29.0 Å². The number of aldehydes is 1. The zero-order valence-corrected chi connectivity index (χ0v) is 21.6. The van der Waals surface area contributed by atoms with Gasteiger partial charge in [-0.1, -0.05) is 0 Å². The van der Waals surface area contributed by atoms with Gasteiger partial charge in [-0.15, -0.1) is 0 Å². The zero-order chi connectivity index (χ0) is 27.9. The number of rotatable bonds is 8. The number of hydrogen-bond donors (Lipinski definition) is 3. The highest BCUT2D eigenvalue weighted by Crippen LogP contribution is 2.18. The smallest absolute Gasteiger partial charge is 0.345 e. The second-order valence-electron chi connectivity index (χ2n) is 8.14. The number of likely N-dealkylation sites (N-methyl/N-ethyl adjacent to an activating group) is 1. The van der Waals surface area contributed by atoms with Crippen LogP contribution in [0.5, 0.6) is 5.75 Å². The molecule has 38 heavy (non-hydrogen) atoms. The molecule has 1 aromatic carbocycles. The Bertz CT molecular complexity index is 1120. The van der Waals surface area contributed by atoms with Gasteiger partial charge in [0.15, 0.2) is 0 Å². The minimum atomic E-state index is -2.62. The first-order chi connectivity index (χ1) is 18.3. The largest absolute Gasteiger partial charge is 0.497 e. The minimum Gasteiger partial charge on any atom is -0.497 e. The molecule has 0 bridgehead atoms. The second kappa shape index (κ2) is 16.0. The van der Waals surface area contributed by atoms with E-state index in [2.05, 4.69) is 25.3 Å². The number of halogens is 2. The van der Waals surface area contributed by atoms with Crippen molar-refractivity contribution < 1.29 is 32.6 Å². The van der Waals surface area contributed by atoms with Gasteiger partial charge in [0, 0.05) is 48.2 Å². The molecule has 1 aliphatic rings. The molecule has 1 atom stereocenters. The van der Waals surface area contributed by atoms with Crippen molar-refractivity contribution in [3.05, 3.63) is 60.0 Å². The molecule has 0 aliphatic carbocycles. The van der Waals surface area contributed by atoms with Crippen molar-refractivity contribution in [1.29, 1.82) is 0 Å². The first-order valence-electron chi connectivity index (χ1n) is 11.9. The van der Waals surface area contributed by atoms with Crippen LogP contribution in [0.25, 0.3) is 10.9 Å². The highest BCUT2D eigenvalue weighted by molar-refractivity contribution is 5.89. The lowest BCUT2D eigenvalue weighted by molar-refractivity contribution is -0.137. The summed E-state index contributed by atoms with van der Waals surface area (Å²) in [5.74, 6) is 0.649. The summed E-state index contributed by atoms with van der Waals surface area (Å²) in [6.07, 6.45) is 5.90. The third kappa shape index (κ3) is 9.52. The van der Waals surface area contributed by atoms with Crippen molar-refractivity contribution in [3.63, 3.8) is 0 Å². The quantitative estimate of drug-likeness (QED) is 0.380. The number of amides is 2. The average molecular weight is 534 g/mol. The van der Waals surface area contributed by atoms with Gasteiger partial charge in [-0.05, 0) is 56.3 Å². The minimum absolute atomic E-state index is 0.0261. The highest BCUT2D eigenvalue weighted by atomic mass is 19.3. The van der Waals surface area contributed by atoms with Crippen LogP contribution >= 0.6 is 0 Å². The van der Waals surface area contributed by atoms with E-state index in [4.69, 9.17) is 4.74 Å². The van der Waals surface area contributed by atoms with E-state index < -0.39 is 6.61 Å². The molecule has 0 spiro atoms. The van der Waals surface area contributed by atoms with E-state index >= 15 is 0 Å². The number of carbonyl (C=O) groups is 3. The fourth-order valence-corrected chi connectivity index (χ4v) is 3.70. The Morgan fingerprint density at radius 2 is 1.95 bits per heavy atom. The van der Waals surface area contributed by atoms with Crippen LogP contribution < -0.4 is 15.4 Å². The number of methoxy groups -OCH3 is 2. The summed E-state index contributed by atoms with van der Waals surface area (Å²) < 4.78 is 29.4. The maximum absolute atomic E-state index is 12.4. The number of hydrogen-bond acceptors (Lipinski definition) is 7. The molecular weight excluding hydrogens is 500 g/mol. The van der Waals surface area contributed by atoms with Crippen LogP contribution in [0, 0.1) is 0 Å². The predicted octanol–water partition coefficient (Wildman–Crippen LogP) is 2.75. The lowest BCUT2D eigenvalue weighted by atomic mass is 10.2. The van der Waals surface area contributed by atoms with Gasteiger partial charge in [-0.25, -0.2) is 0 Å². The number of ether oxygens (including phenoxy) is 2. The van der Waals surface area contributed by atoms with Gasteiger partial charge >= 0.3 is 6.61 Å².